The first-order valence-corrected chi connectivity index (χ1v) is 9.79. The van der Waals surface area contributed by atoms with Crippen molar-refractivity contribution >= 4 is 5.69 Å². The number of para-hydroxylation sites is 1. The third-order valence-electron chi connectivity index (χ3n) is 6.10. The van der Waals surface area contributed by atoms with Crippen LogP contribution >= 0.6 is 0 Å². The Balaban J connectivity index is 1.19. The predicted octanol–water partition coefficient (Wildman–Crippen LogP) is 3.49. The summed E-state index contributed by atoms with van der Waals surface area (Å²) >= 11 is 0. The molecular weight excluding hydrogens is 327 g/mol. The van der Waals surface area contributed by atoms with E-state index in [0.717, 1.165) is 57.6 Å². The smallest absolute Gasteiger partial charge is 0.145 e. The van der Waals surface area contributed by atoms with E-state index in [9.17, 15) is 4.39 Å². The normalized spacial score (nSPS) is 22.2. The zero-order valence-electron chi connectivity index (χ0n) is 15.0. The molecule has 0 radical (unpaired) electrons. The first-order valence-electron chi connectivity index (χ1n) is 9.79. The summed E-state index contributed by atoms with van der Waals surface area (Å²) in [6, 6.07) is 12.8. The van der Waals surface area contributed by atoms with E-state index in [1.54, 1.807) is 12.1 Å². The molecule has 4 heteroatoms. The van der Waals surface area contributed by atoms with Gasteiger partial charge < -0.3 is 15.0 Å². The third-order valence-corrected chi connectivity index (χ3v) is 6.10. The lowest BCUT2D eigenvalue weighted by atomic mass is 10.0. The van der Waals surface area contributed by atoms with Crippen LogP contribution in [0.25, 0.3) is 0 Å². The van der Waals surface area contributed by atoms with Gasteiger partial charge in [0.25, 0.3) is 0 Å². The zero-order valence-corrected chi connectivity index (χ0v) is 15.0. The summed E-state index contributed by atoms with van der Waals surface area (Å²) in [5.41, 5.74) is 5.09. The molecule has 1 unspecified atom stereocenters. The molecule has 136 valence electrons. The minimum absolute atomic E-state index is 0.115. The highest BCUT2D eigenvalue weighted by atomic mass is 19.1. The second kappa shape index (κ2) is 6.58. The molecule has 2 aromatic carbocycles. The average molecular weight is 352 g/mol. The highest BCUT2D eigenvalue weighted by Gasteiger charge is 2.28. The largest absolute Gasteiger partial charge is 0.491 e. The molecule has 26 heavy (non-hydrogen) atoms. The number of fused-ring (bicyclic) bond motifs is 2. The van der Waals surface area contributed by atoms with Gasteiger partial charge in [-0.3, -0.25) is 0 Å². The fourth-order valence-electron chi connectivity index (χ4n) is 4.77. The topological polar surface area (TPSA) is 24.5 Å². The van der Waals surface area contributed by atoms with Crippen LogP contribution in [0.4, 0.5) is 10.1 Å². The minimum Gasteiger partial charge on any atom is -0.491 e. The fourth-order valence-corrected chi connectivity index (χ4v) is 4.77. The van der Waals surface area contributed by atoms with Crippen molar-refractivity contribution in [2.45, 2.75) is 44.2 Å². The van der Waals surface area contributed by atoms with Crippen molar-refractivity contribution in [2.75, 3.05) is 24.6 Å². The first kappa shape index (κ1) is 16.1. The van der Waals surface area contributed by atoms with Crippen LogP contribution in [0.3, 0.4) is 0 Å². The molecule has 0 amide bonds. The molecule has 0 spiro atoms. The summed E-state index contributed by atoms with van der Waals surface area (Å²) in [6.45, 7) is 2.94. The van der Waals surface area contributed by atoms with Crippen molar-refractivity contribution in [1.82, 2.24) is 5.32 Å². The van der Waals surface area contributed by atoms with E-state index in [0.29, 0.717) is 12.1 Å². The standard InChI is InChI=1S/C22H25FN2O/c23-18-5-4-16-13-20(14-17(16)12-18)24-19-6-9-25(10-7-19)21-3-1-2-15-8-11-26-22(15)21/h1-5,12,19-20,24H,6-11,13-14H2. The van der Waals surface area contributed by atoms with Crippen LogP contribution in [0.2, 0.25) is 0 Å². The van der Waals surface area contributed by atoms with Crippen LogP contribution in [-0.4, -0.2) is 31.8 Å². The van der Waals surface area contributed by atoms with Gasteiger partial charge in [-0.1, -0.05) is 18.2 Å². The maximum absolute atomic E-state index is 13.4. The minimum atomic E-state index is -0.115. The first-order chi connectivity index (χ1) is 12.8. The van der Waals surface area contributed by atoms with E-state index in [4.69, 9.17) is 4.74 Å². The molecule has 0 bridgehead atoms. The molecule has 2 heterocycles. The highest BCUT2D eigenvalue weighted by molar-refractivity contribution is 5.63. The van der Waals surface area contributed by atoms with Crippen LogP contribution < -0.4 is 15.0 Å². The molecule has 1 N–H and O–H groups in total. The van der Waals surface area contributed by atoms with E-state index in [1.807, 2.05) is 6.07 Å². The molecule has 0 saturated carbocycles. The second-order valence-electron chi connectivity index (χ2n) is 7.81. The lowest BCUT2D eigenvalue weighted by molar-refractivity contribution is 0.350. The van der Waals surface area contributed by atoms with Crippen molar-refractivity contribution in [3.63, 3.8) is 0 Å². The predicted molar refractivity (Wildman–Crippen MR) is 102 cm³/mol. The van der Waals surface area contributed by atoms with Gasteiger partial charge in [0, 0.05) is 31.6 Å². The Kier molecular flexibility index (Phi) is 4.08. The van der Waals surface area contributed by atoms with E-state index in [1.165, 1.54) is 22.4 Å². The number of hydrogen-bond donors (Lipinski definition) is 1. The van der Waals surface area contributed by atoms with Gasteiger partial charge in [-0.05, 0) is 60.6 Å². The van der Waals surface area contributed by atoms with Gasteiger partial charge in [0.2, 0.25) is 0 Å². The molecule has 1 atom stereocenters. The number of hydrogen-bond acceptors (Lipinski definition) is 3. The van der Waals surface area contributed by atoms with Crippen LogP contribution in [0.5, 0.6) is 5.75 Å². The number of piperidine rings is 1. The van der Waals surface area contributed by atoms with Gasteiger partial charge in [0.1, 0.15) is 11.6 Å². The highest BCUT2D eigenvalue weighted by Crippen LogP contribution is 2.37. The maximum Gasteiger partial charge on any atom is 0.145 e. The Morgan fingerprint density at radius 3 is 2.69 bits per heavy atom. The number of benzene rings is 2. The van der Waals surface area contributed by atoms with E-state index >= 15 is 0 Å². The maximum atomic E-state index is 13.4. The molecule has 2 aliphatic heterocycles. The molecule has 1 saturated heterocycles. The van der Waals surface area contributed by atoms with Crippen molar-refractivity contribution in [1.29, 1.82) is 0 Å². The Morgan fingerprint density at radius 1 is 0.962 bits per heavy atom. The van der Waals surface area contributed by atoms with E-state index < -0.39 is 0 Å². The number of rotatable bonds is 3. The van der Waals surface area contributed by atoms with Gasteiger partial charge in [0.15, 0.2) is 0 Å². The van der Waals surface area contributed by atoms with Crippen molar-refractivity contribution < 1.29 is 9.13 Å². The molecule has 0 aromatic heterocycles. The molecule has 2 aromatic rings. The van der Waals surface area contributed by atoms with Crippen LogP contribution in [0, 0.1) is 5.82 Å². The van der Waals surface area contributed by atoms with Gasteiger partial charge in [0.05, 0.1) is 12.3 Å². The monoisotopic (exact) mass is 352 g/mol. The van der Waals surface area contributed by atoms with Gasteiger partial charge in [-0.15, -0.1) is 0 Å². The number of anilines is 1. The fraction of sp³-hybridized carbons (Fsp3) is 0.455. The number of nitrogens with one attached hydrogen (secondary N) is 1. The van der Waals surface area contributed by atoms with Gasteiger partial charge in [-0.25, -0.2) is 4.39 Å². The summed E-state index contributed by atoms with van der Waals surface area (Å²) in [6.07, 6.45) is 5.29. The molecule has 1 aliphatic carbocycles. The van der Waals surface area contributed by atoms with Gasteiger partial charge in [-0.2, -0.15) is 0 Å². The quantitative estimate of drug-likeness (QED) is 0.915. The number of halogens is 1. The Morgan fingerprint density at radius 2 is 1.81 bits per heavy atom. The molecule has 3 aliphatic rings. The second-order valence-corrected chi connectivity index (χ2v) is 7.81. The van der Waals surface area contributed by atoms with Crippen LogP contribution in [0.15, 0.2) is 36.4 Å². The summed E-state index contributed by atoms with van der Waals surface area (Å²) in [7, 11) is 0. The molecule has 3 nitrogen and oxygen atoms in total. The van der Waals surface area contributed by atoms with Crippen molar-refractivity contribution in [3.8, 4) is 5.75 Å². The summed E-state index contributed by atoms with van der Waals surface area (Å²) < 4.78 is 19.3. The SMILES string of the molecule is Fc1ccc2c(c1)CC(NC1CCN(c3cccc4c3OCC4)CC1)C2. The Labute approximate surface area is 154 Å². The third kappa shape index (κ3) is 2.96. The molecule has 1 fully saturated rings. The lowest BCUT2D eigenvalue weighted by Gasteiger charge is -2.35. The number of nitrogens with zero attached hydrogens (tertiary/aromatic N) is 1. The van der Waals surface area contributed by atoms with Crippen molar-refractivity contribution in [3.05, 3.63) is 58.9 Å². The summed E-state index contributed by atoms with van der Waals surface area (Å²) in [5, 5.41) is 3.83. The van der Waals surface area contributed by atoms with E-state index in [2.05, 4.69) is 28.4 Å². The zero-order chi connectivity index (χ0) is 17.5. The lowest BCUT2D eigenvalue weighted by Crippen LogP contribution is -2.46. The Bertz CT molecular complexity index is 814. The molecule has 5 rings (SSSR count). The summed E-state index contributed by atoms with van der Waals surface area (Å²) in [4.78, 5) is 2.47. The average Bonchev–Trinajstić information content (AvgIpc) is 3.28. The van der Waals surface area contributed by atoms with Crippen LogP contribution in [0.1, 0.15) is 29.5 Å². The van der Waals surface area contributed by atoms with Gasteiger partial charge >= 0.3 is 0 Å². The summed E-state index contributed by atoms with van der Waals surface area (Å²) in [5.74, 6) is 0.988. The van der Waals surface area contributed by atoms with Crippen LogP contribution in [-0.2, 0) is 19.3 Å². The molecular formula is C22H25FN2O. The Hall–Kier alpha value is -2.07. The van der Waals surface area contributed by atoms with E-state index in [-0.39, 0.29) is 5.82 Å². The van der Waals surface area contributed by atoms with Crippen molar-refractivity contribution in [2.24, 2.45) is 0 Å². The number of ether oxygens (including phenoxy) is 1.